The molecule has 1 aliphatic rings. The van der Waals surface area contributed by atoms with Crippen LogP contribution in [-0.4, -0.2) is 13.2 Å². The summed E-state index contributed by atoms with van der Waals surface area (Å²) in [7, 11) is 0. The Morgan fingerprint density at radius 2 is 2.12 bits per heavy atom. The van der Waals surface area contributed by atoms with Gasteiger partial charge in [-0.3, -0.25) is 11.3 Å². The number of benzene rings is 1. The molecule has 0 aliphatic carbocycles. The molecule has 0 amide bonds. The molecule has 1 aromatic carbocycles. The van der Waals surface area contributed by atoms with Gasteiger partial charge in [-0.15, -0.1) is 0 Å². The van der Waals surface area contributed by atoms with E-state index in [-0.39, 0.29) is 11.9 Å². The van der Waals surface area contributed by atoms with Gasteiger partial charge in [-0.05, 0) is 36.5 Å². The summed E-state index contributed by atoms with van der Waals surface area (Å²) in [5, 5.41) is 0. The summed E-state index contributed by atoms with van der Waals surface area (Å²) in [6.07, 6.45) is 1.94. The second kappa shape index (κ2) is 5.91. The maximum atomic E-state index is 13.1. The topological polar surface area (TPSA) is 47.3 Å². The van der Waals surface area contributed by atoms with E-state index in [0.717, 1.165) is 36.1 Å². The minimum Gasteiger partial charge on any atom is -0.381 e. The summed E-state index contributed by atoms with van der Waals surface area (Å²) >= 11 is 3.39. The third-order valence-corrected chi connectivity index (χ3v) is 3.90. The fraction of sp³-hybridized carbons (Fsp3) is 0.500. The molecule has 0 aromatic heterocycles. The van der Waals surface area contributed by atoms with E-state index in [2.05, 4.69) is 21.4 Å². The van der Waals surface area contributed by atoms with Crippen molar-refractivity contribution in [1.29, 1.82) is 0 Å². The Bertz CT molecular complexity index is 383. The molecule has 1 atom stereocenters. The highest BCUT2D eigenvalue weighted by Gasteiger charge is 2.26. The lowest BCUT2D eigenvalue weighted by Gasteiger charge is -2.30. The van der Waals surface area contributed by atoms with Crippen LogP contribution in [0, 0.1) is 11.7 Å². The minimum atomic E-state index is -0.247. The number of nitrogens with one attached hydrogen (secondary N) is 1. The van der Waals surface area contributed by atoms with Crippen molar-refractivity contribution in [1.82, 2.24) is 5.43 Å². The lowest BCUT2D eigenvalue weighted by Crippen LogP contribution is -2.36. The number of ether oxygens (including phenoxy) is 1. The normalized spacial score (nSPS) is 19.2. The highest BCUT2D eigenvalue weighted by molar-refractivity contribution is 9.10. The molecule has 3 nitrogen and oxygen atoms in total. The largest absolute Gasteiger partial charge is 0.381 e. The molecule has 0 spiro atoms. The molecule has 3 N–H and O–H groups in total. The first-order chi connectivity index (χ1) is 8.22. The summed E-state index contributed by atoms with van der Waals surface area (Å²) in [4.78, 5) is 0. The molecule has 1 aromatic rings. The second-order valence-electron chi connectivity index (χ2n) is 4.26. The molecular weight excluding hydrogens is 287 g/mol. The third-order valence-electron chi connectivity index (χ3n) is 3.21. The van der Waals surface area contributed by atoms with E-state index < -0.39 is 0 Å². The summed E-state index contributed by atoms with van der Waals surface area (Å²) in [6, 6.07) is 4.75. The Balaban J connectivity index is 2.21. The summed E-state index contributed by atoms with van der Waals surface area (Å²) in [5.41, 5.74) is 3.84. The third kappa shape index (κ3) is 3.04. The fourth-order valence-corrected chi connectivity index (χ4v) is 2.88. The van der Waals surface area contributed by atoms with Crippen LogP contribution in [0.25, 0.3) is 0 Å². The predicted octanol–water partition coefficient (Wildman–Crippen LogP) is 2.52. The van der Waals surface area contributed by atoms with Crippen molar-refractivity contribution in [2.24, 2.45) is 11.8 Å². The molecule has 1 unspecified atom stereocenters. The van der Waals surface area contributed by atoms with Crippen molar-refractivity contribution in [3.8, 4) is 0 Å². The van der Waals surface area contributed by atoms with Crippen molar-refractivity contribution in [2.75, 3.05) is 13.2 Å². The van der Waals surface area contributed by atoms with Crippen LogP contribution >= 0.6 is 15.9 Å². The second-order valence-corrected chi connectivity index (χ2v) is 5.11. The van der Waals surface area contributed by atoms with Crippen LogP contribution in [-0.2, 0) is 4.74 Å². The average molecular weight is 303 g/mol. The van der Waals surface area contributed by atoms with Gasteiger partial charge in [-0.25, -0.2) is 4.39 Å². The SMILES string of the molecule is NNC(c1ccc(F)cc1Br)C1CCOCC1. The molecule has 94 valence electrons. The average Bonchev–Trinajstić information content (AvgIpc) is 2.34. The van der Waals surface area contributed by atoms with E-state index in [1.54, 1.807) is 6.07 Å². The van der Waals surface area contributed by atoms with E-state index >= 15 is 0 Å². The van der Waals surface area contributed by atoms with E-state index in [1.165, 1.54) is 12.1 Å². The van der Waals surface area contributed by atoms with Crippen LogP contribution in [0.5, 0.6) is 0 Å². The van der Waals surface area contributed by atoms with Gasteiger partial charge in [0.05, 0.1) is 6.04 Å². The molecule has 1 fully saturated rings. The fourth-order valence-electron chi connectivity index (χ4n) is 2.28. The Morgan fingerprint density at radius 3 is 2.71 bits per heavy atom. The molecule has 0 radical (unpaired) electrons. The lowest BCUT2D eigenvalue weighted by molar-refractivity contribution is 0.0535. The van der Waals surface area contributed by atoms with Gasteiger partial charge in [0.2, 0.25) is 0 Å². The molecule has 0 saturated carbocycles. The van der Waals surface area contributed by atoms with E-state index in [4.69, 9.17) is 10.6 Å². The number of rotatable bonds is 3. The lowest BCUT2D eigenvalue weighted by atomic mass is 9.87. The van der Waals surface area contributed by atoms with Gasteiger partial charge in [0.15, 0.2) is 0 Å². The summed E-state index contributed by atoms with van der Waals surface area (Å²) in [5.74, 6) is 5.82. The van der Waals surface area contributed by atoms with Crippen molar-refractivity contribution >= 4 is 15.9 Å². The van der Waals surface area contributed by atoms with Gasteiger partial charge >= 0.3 is 0 Å². The van der Waals surface area contributed by atoms with Crippen molar-refractivity contribution in [2.45, 2.75) is 18.9 Å². The maximum absolute atomic E-state index is 13.1. The first-order valence-electron chi connectivity index (χ1n) is 5.71. The monoisotopic (exact) mass is 302 g/mol. The number of hydrogen-bond donors (Lipinski definition) is 2. The van der Waals surface area contributed by atoms with Gasteiger partial charge < -0.3 is 4.74 Å². The molecular formula is C12H16BrFN2O. The Morgan fingerprint density at radius 1 is 1.41 bits per heavy atom. The number of nitrogens with two attached hydrogens (primary N) is 1. The first kappa shape index (κ1) is 13.0. The predicted molar refractivity (Wildman–Crippen MR) is 67.7 cm³/mol. The van der Waals surface area contributed by atoms with Crippen LogP contribution in [0.2, 0.25) is 0 Å². The Hall–Kier alpha value is -0.490. The zero-order valence-corrected chi connectivity index (χ0v) is 11.0. The smallest absolute Gasteiger partial charge is 0.124 e. The van der Waals surface area contributed by atoms with Crippen LogP contribution in [0.4, 0.5) is 4.39 Å². The van der Waals surface area contributed by atoms with Gasteiger partial charge in [-0.2, -0.15) is 0 Å². The van der Waals surface area contributed by atoms with Crippen molar-refractivity contribution in [3.05, 3.63) is 34.1 Å². The minimum absolute atomic E-state index is 0.0360. The van der Waals surface area contributed by atoms with E-state index in [0.29, 0.717) is 5.92 Å². The van der Waals surface area contributed by atoms with Crippen molar-refractivity contribution < 1.29 is 9.13 Å². The highest BCUT2D eigenvalue weighted by Crippen LogP contribution is 2.33. The van der Waals surface area contributed by atoms with Gasteiger partial charge in [0, 0.05) is 17.7 Å². The zero-order valence-electron chi connectivity index (χ0n) is 9.46. The van der Waals surface area contributed by atoms with Gasteiger partial charge in [-0.1, -0.05) is 22.0 Å². The molecule has 5 heteroatoms. The zero-order chi connectivity index (χ0) is 12.3. The van der Waals surface area contributed by atoms with E-state index in [9.17, 15) is 4.39 Å². The van der Waals surface area contributed by atoms with Crippen LogP contribution in [0.1, 0.15) is 24.4 Å². The van der Waals surface area contributed by atoms with Gasteiger partial charge in [0.1, 0.15) is 5.82 Å². The van der Waals surface area contributed by atoms with Crippen molar-refractivity contribution in [3.63, 3.8) is 0 Å². The highest BCUT2D eigenvalue weighted by atomic mass is 79.9. The Kier molecular flexibility index (Phi) is 4.50. The molecule has 1 heterocycles. The standard InChI is InChI=1S/C12H16BrFN2O/c13-11-7-9(14)1-2-10(11)12(16-15)8-3-5-17-6-4-8/h1-2,7-8,12,16H,3-6,15H2. The first-order valence-corrected chi connectivity index (χ1v) is 6.50. The molecule has 0 bridgehead atoms. The van der Waals surface area contributed by atoms with Crippen LogP contribution in [0.3, 0.4) is 0 Å². The van der Waals surface area contributed by atoms with Crippen LogP contribution in [0.15, 0.2) is 22.7 Å². The summed E-state index contributed by atoms with van der Waals surface area (Å²) in [6.45, 7) is 1.53. The van der Waals surface area contributed by atoms with Gasteiger partial charge in [0.25, 0.3) is 0 Å². The summed E-state index contributed by atoms with van der Waals surface area (Å²) < 4.78 is 19.2. The maximum Gasteiger partial charge on any atom is 0.124 e. The Labute approximate surface area is 109 Å². The quantitative estimate of drug-likeness (QED) is 0.666. The molecule has 1 aliphatic heterocycles. The molecule has 17 heavy (non-hydrogen) atoms. The number of halogens is 2. The number of hydrazine groups is 1. The number of hydrogen-bond acceptors (Lipinski definition) is 3. The molecule has 2 rings (SSSR count). The molecule has 1 saturated heterocycles. The van der Waals surface area contributed by atoms with E-state index in [1.807, 2.05) is 0 Å². The van der Waals surface area contributed by atoms with Crippen LogP contribution < -0.4 is 11.3 Å².